The first-order valence-corrected chi connectivity index (χ1v) is 11.5. The number of nitrogens with zero attached hydrogens (tertiary/aromatic N) is 1. The van der Waals surface area contributed by atoms with E-state index in [0.29, 0.717) is 25.4 Å². The van der Waals surface area contributed by atoms with Crippen molar-refractivity contribution in [2.24, 2.45) is 17.3 Å². The first-order valence-electron chi connectivity index (χ1n) is 10.6. The molecule has 2 fully saturated rings. The van der Waals surface area contributed by atoms with Crippen molar-refractivity contribution in [3.8, 4) is 11.1 Å². The summed E-state index contributed by atoms with van der Waals surface area (Å²) in [6.45, 7) is 7.32. The van der Waals surface area contributed by atoms with Crippen LogP contribution in [0.1, 0.15) is 39.2 Å². The van der Waals surface area contributed by atoms with Crippen LogP contribution in [-0.2, 0) is 16.0 Å². The second kappa shape index (κ2) is 7.94. The lowest BCUT2D eigenvalue weighted by Crippen LogP contribution is -2.47. The lowest BCUT2D eigenvalue weighted by atomic mass is 9.79. The summed E-state index contributed by atoms with van der Waals surface area (Å²) in [4.78, 5) is 27.9. The lowest BCUT2D eigenvalue weighted by Gasteiger charge is -2.29. The van der Waals surface area contributed by atoms with Crippen molar-refractivity contribution in [3.63, 3.8) is 0 Å². The average Bonchev–Trinajstić information content (AvgIpc) is 3.10. The Balaban J connectivity index is 1.53. The molecule has 4 rings (SSSR count). The van der Waals surface area contributed by atoms with E-state index in [1.54, 1.807) is 11.3 Å². The van der Waals surface area contributed by atoms with Crippen LogP contribution in [-0.4, -0.2) is 35.8 Å². The van der Waals surface area contributed by atoms with Crippen molar-refractivity contribution in [1.29, 1.82) is 0 Å². The molecule has 1 aromatic heterocycles. The number of amides is 2. The third kappa shape index (κ3) is 4.25. The van der Waals surface area contributed by atoms with Crippen LogP contribution in [0.3, 0.4) is 0 Å². The average molecular weight is 411 g/mol. The fraction of sp³-hybridized carbons (Fsp3) is 0.500. The normalized spacial score (nSPS) is 26.0. The maximum atomic E-state index is 13.2. The number of hydrogen-bond acceptors (Lipinski definition) is 3. The fourth-order valence-electron chi connectivity index (χ4n) is 4.42. The molecule has 29 heavy (non-hydrogen) atoms. The Morgan fingerprint density at radius 1 is 1.21 bits per heavy atom. The molecule has 154 valence electrons. The summed E-state index contributed by atoms with van der Waals surface area (Å²) in [5, 5.41) is 7.34. The molecule has 1 aliphatic heterocycles. The molecule has 5 heteroatoms. The number of carbonyl (C=O) groups is 2. The molecule has 2 aliphatic rings. The number of carbonyl (C=O) groups excluding carboxylic acids is 2. The van der Waals surface area contributed by atoms with Gasteiger partial charge in [-0.15, -0.1) is 0 Å². The molecule has 4 nitrogen and oxygen atoms in total. The van der Waals surface area contributed by atoms with Crippen molar-refractivity contribution in [2.45, 2.75) is 46.1 Å². The zero-order chi connectivity index (χ0) is 20.6. The van der Waals surface area contributed by atoms with Gasteiger partial charge in [-0.2, -0.15) is 11.3 Å². The van der Waals surface area contributed by atoms with E-state index in [2.05, 4.69) is 53.3 Å². The van der Waals surface area contributed by atoms with Gasteiger partial charge in [0.05, 0.1) is 5.41 Å². The van der Waals surface area contributed by atoms with E-state index in [1.807, 2.05) is 18.7 Å². The summed E-state index contributed by atoms with van der Waals surface area (Å²) in [5.41, 5.74) is 3.03. The fourth-order valence-corrected chi connectivity index (χ4v) is 5.09. The van der Waals surface area contributed by atoms with Gasteiger partial charge >= 0.3 is 0 Å². The van der Waals surface area contributed by atoms with E-state index >= 15 is 0 Å². The third-order valence-electron chi connectivity index (χ3n) is 6.34. The summed E-state index contributed by atoms with van der Waals surface area (Å²) >= 11 is 1.69. The van der Waals surface area contributed by atoms with Gasteiger partial charge < -0.3 is 10.2 Å². The van der Waals surface area contributed by atoms with Crippen molar-refractivity contribution < 1.29 is 9.59 Å². The summed E-state index contributed by atoms with van der Waals surface area (Å²) in [6, 6.07) is 10.7. The van der Waals surface area contributed by atoms with Crippen LogP contribution >= 0.6 is 11.3 Å². The molecule has 0 unspecified atom stereocenters. The Bertz CT molecular complexity index is 875. The zero-order valence-electron chi connectivity index (χ0n) is 17.5. The standard InChI is InChI=1S/C24H30N2O2S/c1-16(2)25-23(28)24(9-10-26(15-24)22(27)21-12-17(21)3)13-18-4-6-19(7-5-18)20-8-11-29-14-20/h4-8,11,14,16-17,21H,9-10,12-13,15H2,1-3H3,(H,25,28)/t17-,21+,24-/m0/s1. The Labute approximate surface area is 177 Å². The number of rotatable bonds is 6. The van der Waals surface area contributed by atoms with Crippen LogP contribution < -0.4 is 5.32 Å². The number of benzene rings is 1. The van der Waals surface area contributed by atoms with Crippen molar-refractivity contribution in [2.75, 3.05) is 13.1 Å². The summed E-state index contributed by atoms with van der Waals surface area (Å²) < 4.78 is 0. The summed E-state index contributed by atoms with van der Waals surface area (Å²) in [7, 11) is 0. The van der Waals surface area contributed by atoms with Gasteiger partial charge in [0.15, 0.2) is 0 Å². The number of likely N-dealkylation sites (tertiary alicyclic amines) is 1. The molecule has 2 aromatic rings. The molecular formula is C24H30N2O2S. The van der Waals surface area contributed by atoms with Crippen LogP contribution in [0.5, 0.6) is 0 Å². The van der Waals surface area contributed by atoms with Gasteiger partial charge in [-0.1, -0.05) is 31.2 Å². The van der Waals surface area contributed by atoms with Crippen LogP contribution in [0.2, 0.25) is 0 Å². The van der Waals surface area contributed by atoms with E-state index in [-0.39, 0.29) is 23.8 Å². The third-order valence-corrected chi connectivity index (χ3v) is 7.03. The molecule has 1 saturated carbocycles. The number of hydrogen-bond donors (Lipinski definition) is 1. The summed E-state index contributed by atoms with van der Waals surface area (Å²) in [6.07, 6.45) is 2.38. The van der Waals surface area contributed by atoms with Gasteiger partial charge in [-0.3, -0.25) is 9.59 Å². The molecule has 1 N–H and O–H groups in total. The smallest absolute Gasteiger partial charge is 0.228 e. The maximum absolute atomic E-state index is 13.2. The Kier molecular flexibility index (Phi) is 5.52. The van der Waals surface area contributed by atoms with Crippen molar-refractivity contribution in [3.05, 3.63) is 46.7 Å². The summed E-state index contributed by atoms with van der Waals surface area (Å²) in [5.74, 6) is 0.980. The van der Waals surface area contributed by atoms with Crippen molar-refractivity contribution >= 4 is 23.2 Å². The van der Waals surface area contributed by atoms with Gasteiger partial charge in [0.25, 0.3) is 0 Å². The molecule has 1 aromatic carbocycles. The van der Waals surface area contributed by atoms with Gasteiger partial charge in [-0.25, -0.2) is 0 Å². The van der Waals surface area contributed by atoms with Gasteiger partial charge in [0.2, 0.25) is 11.8 Å². The predicted octanol–water partition coefficient (Wildman–Crippen LogP) is 4.36. The molecule has 0 spiro atoms. The monoisotopic (exact) mass is 410 g/mol. The van der Waals surface area contributed by atoms with E-state index in [9.17, 15) is 9.59 Å². The number of thiophene rings is 1. The van der Waals surface area contributed by atoms with E-state index < -0.39 is 5.41 Å². The number of nitrogens with one attached hydrogen (secondary N) is 1. The van der Waals surface area contributed by atoms with Crippen LogP contribution in [0.25, 0.3) is 11.1 Å². The molecule has 2 heterocycles. The molecule has 0 radical (unpaired) electrons. The van der Waals surface area contributed by atoms with Gasteiger partial charge in [0, 0.05) is 25.0 Å². The van der Waals surface area contributed by atoms with E-state index in [0.717, 1.165) is 18.4 Å². The first-order chi connectivity index (χ1) is 13.9. The second-order valence-electron chi connectivity index (χ2n) is 9.12. The Hall–Kier alpha value is -2.14. The van der Waals surface area contributed by atoms with E-state index in [4.69, 9.17) is 0 Å². The molecule has 2 amide bonds. The second-order valence-corrected chi connectivity index (χ2v) is 9.90. The quantitative estimate of drug-likeness (QED) is 0.769. The molecule has 1 aliphatic carbocycles. The topological polar surface area (TPSA) is 49.4 Å². The largest absolute Gasteiger partial charge is 0.353 e. The predicted molar refractivity (Wildman–Crippen MR) is 118 cm³/mol. The minimum absolute atomic E-state index is 0.0774. The highest BCUT2D eigenvalue weighted by atomic mass is 32.1. The SMILES string of the molecule is CC(C)NC(=O)[C@]1(Cc2ccc(-c3ccsc3)cc2)CCN(C(=O)[C@@H]2C[C@@H]2C)C1. The molecule has 1 saturated heterocycles. The van der Waals surface area contributed by atoms with Crippen LogP contribution in [0, 0.1) is 17.3 Å². The van der Waals surface area contributed by atoms with E-state index in [1.165, 1.54) is 11.1 Å². The highest BCUT2D eigenvalue weighted by Crippen LogP contribution is 2.42. The zero-order valence-corrected chi connectivity index (χ0v) is 18.3. The van der Waals surface area contributed by atoms with Gasteiger partial charge in [0.1, 0.15) is 0 Å². The van der Waals surface area contributed by atoms with Crippen LogP contribution in [0.15, 0.2) is 41.1 Å². The van der Waals surface area contributed by atoms with Crippen LogP contribution in [0.4, 0.5) is 0 Å². The molecule has 0 bridgehead atoms. The molecular weight excluding hydrogens is 380 g/mol. The molecule has 3 atom stereocenters. The Morgan fingerprint density at radius 3 is 2.52 bits per heavy atom. The highest BCUT2D eigenvalue weighted by Gasteiger charge is 2.49. The highest BCUT2D eigenvalue weighted by molar-refractivity contribution is 7.08. The minimum Gasteiger partial charge on any atom is -0.353 e. The maximum Gasteiger partial charge on any atom is 0.228 e. The first kappa shape index (κ1) is 20.1. The van der Waals surface area contributed by atoms with Crippen molar-refractivity contribution in [1.82, 2.24) is 10.2 Å². The van der Waals surface area contributed by atoms with Gasteiger partial charge in [-0.05, 0) is 72.5 Å². The lowest BCUT2D eigenvalue weighted by molar-refractivity contribution is -0.134. The minimum atomic E-state index is -0.540. The Morgan fingerprint density at radius 2 is 1.93 bits per heavy atom.